The van der Waals surface area contributed by atoms with Gasteiger partial charge >= 0.3 is 0 Å². The van der Waals surface area contributed by atoms with E-state index in [1.807, 2.05) is 12.1 Å². The molecule has 0 aliphatic carbocycles. The summed E-state index contributed by atoms with van der Waals surface area (Å²) in [6.07, 6.45) is 1.50. The van der Waals surface area contributed by atoms with Gasteiger partial charge < -0.3 is 14.4 Å². The van der Waals surface area contributed by atoms with Crippen molar-refractivity contribution in [1.82, 2.24) is 0 Å². The van der Waals surface area contributed by atoms with Gasteiger partial charge in [-0.3, -0.25) is 4.79 Å². The molecule has 0 spiro atoms. The summed E-state index contributed by atoms with van der Waals surface area (Å²) in [6.45, 7) is 1.95. The molecule has 4 heteroatoms. The Morgan fingerprint density at radius 1 is 1.08 bits per heavy atom. The number of Topliss-reactive ketones (excluding diaryl/α,β-unsaturated/α-hetero) is 1. The molecule has 130 valence electrons. The topological polar surface area (TPSA) is 38.8 Å². The highest BCUT2D eigenvalue weighted by atomic mass is 16.5. The molecule has 2 aliphatic heterocycles. The minimum absolute atomic E-state index is 0.0335. The largest absolute Gasteiger partial charge is 0.497 e. The summed E-state index contributed by atoms with van der Waals surface area (Å²) in [5, 5.41) is 0. The van der Waals surface area contributed by atoms with E-state index in [-0.39, 0.29) is 12.0 Å². The first-order valence-corrected chi connectivity index (χ1v) is 8.87. The first-order valence-electron chi connectivity index (χ1n) is 8.87. The lowest BCUT2D eigenvalue weighted by Gasteiger charge is -2.43. The summed E-state index contributed by atoms with van der Waals surface area (Å²) in [5.41, 5.74) is 3.72. The van der Waals surface area contributed by atoms with Crippen molar-refractivity contribution < 1.29 is 14.3 Å². The fourth-order valence-electron chi connectivity index (χ4n) is 4.02. The van der Waals surface area contributed by atoms with Crippen molar-refractivity contribution in [2.75, 3.05) is 31.8 Å². The maximum atomic E-state index is 12.7. The molecule has 4 nitrogen and oxygen atoms in total. The summed E-state index contributed by atoms with van der Waals surface area (Å²) in [7, 11) is 1.67. The minimum Gasteiger partial charge on any atom is -0.497 e. The third-order valence-corrected chi connectivity index (χ3v) is 5.32. The average molecular weight is 337 g/mol. The summed E-state index contributed by atoms with van der Waals surface area (Å²) < 4.78 is 11.0. The molecule has 4 rings (SSSR count). The number of benzene rings is 2. The number of hydrogen-bond acceptors (Lipinski definition) is 4. The van der Waals surface area contributed by atoms with E-state index in [1.165, 1.54) is 11.1 Å². The van der Waals surface area contributed by atoms with Crippen molar-refractivity contribution in [3.8, 4) is 5.75 Å². The van der Waals surface area contributed by atoms with E-state index in [2.05, 4.69) is 41.3 Å². The van der Waals surface area contributed by atoms with Crippen molar-refractivity contribution in [2.24, 2.45) is 5.92 Å². The van der Waals surface area contributed by atoms with Crippen LogP contribution in [0.25, 0.3) is 0 Å². The molecule has 0 unspecified atom stereocenters. The number of hydrogen-bond donors (Lipinski definition) is 0. The lowest BCUT2D eigenvalue weighted by molar-refractivity contribution is -0.131. The molecule has 0 saturated carbocycles. The van der Waals surface area contributed by atoms with E-state index in [4.69, 9.17) is 9.47 Å². The molecule has 0 bridgehead atoms. The number of anilines is 1. The van der Waals surface area contributed by atoms with Crippen LogP contribution in [0.3, 0.4) is 0 Å². The van der Waals surface area contributed by atoms with Gasteiger partial charge in [0.15, 0.2) is 0 Å². The third-order valence-electron chi connectivity index (χ3n) is 5.32. The number of ketones is 1. The maximum Gasteiger partial charge on any atom is 0.142 e. The summed E-state index contributed by atoms with van der Waals surface area (Å²) in [5.74, 6) is 1.04. The highest BCUT2D eigenvalue weighted by molar-refractivity contribution is 5.83. The quantitative estimate of drug-likeness (QED) is 0.860. The first-order chi connectivity index (χ1) is 12.3. The van der Waals surface area contributed by atoms with Crippen LogP contribution in [0, 0.1) is 5.92 Å². The van der Waals surface area contributed by atoms with Crippen LogP contribution < -0.4 is 9.64 Å². The minimum atomic E-state index is -0.114. The maximum absolute atomic E-state index is 12.7. The Morgan fingerprint density at radius 3 is 2.64 bits per heavy atom. The van der Waals surface area contributed by atoms with E-state index >= 15 is 0 Å². The summed E-state index contributed by atoms with van der Waals surface area (Å²) in [6, 6.07) is 16.6. The molecule has 2 aliphatic rings. The predicted octanol–water partition coefficient (Wildman–Crippen LogP) is 3.40. The average Bonchev–Trinajstić information content (AvgIpc) is 2.68. The molecule has 2 atom stereocenters. The molecule has 2 heterocycles. The van der Waals surface area contributed by atoms with Gasteiger partial charge in [-0.1, -0.05) is 24.3 Å². The second kappa shape index (κ2) is 6.89. The molecular weight excluding hydrogens is 314 g/mol. The van der Waals surface area contributed by atoms with Crippen LogP contribution in [-0.2, 0) is 16.0 Å². The highest BCUT2D eigenvalue weighted by Gasteiger charge is 2.38. The van der Waals surface area contributed by atoms with Crippen LogP contribution in [0.4, 0.5) is 5.69 Å². The molecule has 1 saturated heterocycles. The molecule has 0 amide bonds. The number of methoxy groups -OCH3 is 1. The number of carbonyl (C=O) groups is 1. The standard InChI is InChI=1S/C21H23NO3/c1-24-17-8-6-16(7-9-17)22-12-10-15-4-2-3-5-18(15)21(22)19-14-25-13-11-20(19)23/h2-9,19,21H,10-14H2,1H3/t19-,21+/m0/s1. The Labute approximate surface area is 148 Å². The van der Waals surface area contributed by atoms with Gasteiger partial charge in [0.1, 0.15) is 11.5 Å². The van der Waals surface area contributed by atoms with Crippen LogP contribution >= 0.6 is 0 Å². The van der Waals surface area contributed by atoms with Crippen molar-refractivity contribution in [3.05, 3.63) is 59.7 Å². The Bertz CT molecular complexity index is 756. The van der Waals surface area contributed by atoms with Crippen molar-refractivity contribution >= 4 is 11.5 Å². The SMILES string of the molecule is COc1ccc(N2CCc3ccccc3[C@@H]2[C@H]2COCCC2=O)cc1. The van der Waals surface area contributed by atoms with Gasteiger partial charge in [0.05, 0.1) is 32.3 Å². The molecule has 2 aromatic rings. The van der Waals surface area contributed by atoms with Gasteiger partial charge in [0.25, 0.3) is 0 Å². The van der Waals surface area contributed by atoms with Gasteiger partial charge in [-0.25, -0.2) is 0 Å². The zero-order chi connectivity index (χ0) is 17.2. The lowest BCUT2D eigenvalue weighted by Crippen LogP contribution is -2.45. The van der Waals surface area contributed by atoms with Crippen molar-refractivity contribution in [2.45, 2.75) is 18.9 Å². The molecule has 0 N–H and O–H groups in total. The fourth-order valence-corrected chi connectivity index (χ4v) is 4.02. The highest BCUT2D eigenvalue weighted by Crippen LogP contribution is 2.40. The van der Waals surface area contributed by atoms with Crippen molar-refractivity contribution in [3.63, 3.8) is 0 Å². The van der Waals surface area contributed by atoms with Crippen LogP contribution in [-0.4, -0.2) is 32.7 Å². The van der Waals surface area contributed by atoms with E-state index < -0.39 is 0 Å². The van der Waals surface area contributed by atoms with Gasteiger partial charge in [-0.15, -0.1) is 0 Å². The number of rotatable bonds is 3. The molecule has 0 radical (unpaired) electrons. The second-order valence-corrected chi connectivity index (χ2v) is 6.68. The zero-order valence-electron chi connectivity index (χ0n) is 14.5. The smallest absolute Gasteiger partial charge is 0.142 e. The van der Waals surface area contributed by atoms with E-state index in [0.29, 0.717) is 25.4 Å². The Morgan fingerprint density at radius 2 is 1.88 bits per heavy atom. The summed E-state index contributed by atoms with van der Waals surface area (Å²) in [4.78, 5) is 15.0. The van der Waals surface area contributed by atoms with Crippen LogP contribution in [0.5, 0.6) is 5.75 Å². The Balaban J connectivity index is 1.75. The van der Waals surface area contributed by atoms with E-state index in [9.17, 15) is 4.79 Å². The van der Waals surface area contributed by atoms with Crippen molar-refractivity contribution in [1.29, 1.82) is 0 Å². The second-order valence-electron chi connectivity index (χ2n) is 6.68. The first kappa shape index (κ1) is 16.2. The Kier molecular flexibility index (Phi) is 4.45. The monoisotopic (exact) mass is 337 g/mol. The molecular formula is C21H23NO3. The van der Waals surface area contributed by atoms with Crippen LogP contribution in [0.15, 0.2) is 48.5 Å². The van der Waals surface area contributed by atoms with Crippen LogP contribution in [0.2, 0.25) is 0 Å². The van der Waals surface area contributed by atoms with E-state index in [1.54, 1.807) is 7.11 Å². The van der Waals surface area contributed by atoms with Gasteiger partial charge in [-0.05, 0) is 41.8 Å². The van der Waals surface area contributed by atoms with Gasteiger partial charge in [0.2, 0.25) is 0 Å². The molecule has 1 fully saturated rings. The number of carbonyl (C=O) groups excluding carboxylic acids is 1. The number of fused-ring (bicyclic) bond motifs is 1. The molecule has 25 heavy (non-hydrogen) atoms. The molecule has 2 aromatic carbocycles. The third kappa shape index (κ3) is 3.02. The van der Waals surface area contributed by atoms with Crippen LogP contribution in [0.1, 0.15) is 23.6 Å². The molecule has 0 aromatic heterocycles. The predicted molar refractivity (Wildman–Crippen MR) is 97.2 cm³/mol. The normalized spacial score (nSPS) is 23.2. The van der Waals surface area contributed by atoms with Gasteiger partial charge in [0, 0.05) is 18.7 Å². The number of ether oxygens (including phenoxy) is 2. The van der Waals surface area contributed by atoms with E-state index in [0.717, 1.165) is 24.4 Å². The zero-order valence-corrected chi connectivity index (χ0v) is 14.5. The Hall–Kier alpha value is -2.33. The van der Waals surface area contributed by atoms with Gasteiger partial charge in [-0.2, -0.15) is 0 Å². The summed E-state index contributed by atoms with van der Waals surface area (Å²) >= 11 is 0. The lowest BCUT2D eigenvalue weighted by atomic mass is 9.81. The fraction of sp³-hybridized carbons (Fsp3) is 0.381. The number of nitrogens with zero attached hydrogens (tertiary/aromatic N) is 1.